The number of ketones is 1. The summed E-state index contributed by atoms with van der Waals surface area (Å²) >= 11 is 0.919. The Balaban J connectivity index is 1.68. The van der Waals surface area contributed by atoms with Gasteiger partial charge in [-0.25, -0.2) is 9.78 Å². The maximum Gasteiger partial charge on any atom is 0.350 e. The minimum Gasteiger partial charge on any atom is -0.507 e. The van der Waals surface area contributed by atoms with E-state index in [1.165, 1.54) is 11.0 Å². The fourth-order valence-corrected chi connectivity index (χ4v) is 6.16. The van der Waals surface area contributed by atoms with E-state index in [9.17, 15) is 19.5 Å². The van der Waals surface area contributed by atoms with Crippen LogP contribution in [0.15, 0.2) is 67.3 Å². The van der Waals surface area contributed by atoms with Crippen LogP contribution in [0.3, 0.4) is 0 Å². The summed E-state index contributed by atoms with van der Waals surface area (Å²) in [4.78, 5) is 46.0. The highest BCUT2D eigenvalue weighted by Gasteiger charge is 2.49. The van der Waals surface area contributed by atoms with Crippen LogP contribution in [-0.2, 0) is 20.7 Å². The third kappa shape index (κ3) is 5.70. The van der Waals surface area contributed by atoms with E-state index in [4.69, 9.17) is 18.9 Å². The van der Waals surface area contributed by atoms with Gasteiger partial charge in [0, 0.05) is 12.0 Å². The highest BCUT2D eigenvalue weighted by atomic mass is 32.1. The average molecular weight is 617 g/mol. The lowest BCUT2D eigenvalue weighted by Gasteiger charge is -2.24. The van der Waals surface area contributed by atoms with Crippen LogP contribution in [-0.4, -0.2) is 53.7 Å². The van der Waals surface area contributed by atoms with Crippen molar-refractivity contribution in [3.63, 3.8) is 0 Å². The third-order valence-electron chi connectivity index (χ3n) is 7.06. The number of hydrogen-bond donors (Lipinski definition) is 1. The molecule has 0 radical (unpaired) electrons. The van der Waals surface area contributed by atoms with Gasteiger partial charge in [0.1, 0.15) is 35.7 Å². The van der Waals surface area contributed by atoms with Crippen molar-refractivity contribution in [1.29, 1.82) is 0 Å². The predicted molar refractivity (Wildman–Crippen MR) is 166 cm³/mol. The molecule has 44 heavy (non-hydrogen) atoms. The Kier molecular flexibility index (Phi) is 8.86. The molecule has 3 aromatic rings. The topological polar surface area (TPSA) is 124 Å². The normalized spacial score (nSPS) is 18.5. The van der Waals surface area contributed by atoms with Crippen molar-refractivity contribution in [2.75, 3.05) is 24.7 Å². The summed E-state index contributed by atoms with van der Waals surface area (Å²) < 4.78 is 22.6. The van der Waals surface area contributed by atoms with E-state index in [1.807, 2.05) is 13.8 Å². The van der Waals surface area contributed by atoms with Crippen molar-refractivity contribution in [3.8, 4) is 17.2 Å². The maximum atomic E-state index is 13.7. The number of aromatic nitrogens is 1. The van der Waals surface area contributed by atoms with E-state index in [-0.39, 0.29) is 40.7 Å². The summed E-state index contributed by atoms with van der Waals surface area (Å²) in [6, 6.07) is 9.07. The molecule has 1 fully saturated rings. The van der Waals surface area contributed by atoms with Crippen LogP contribution < -0.4 is 19.1 Å². The van der Waals surface area contributed by atoms with Crippen LogP contribution in [0.4, 0.5) is 5.13 Å². The number of esters is 1. The SMILES string of the molecule is C=CCOC(=O)c1sc(N2C(=O)C(=O)/C(=C(/O)c3ccc4c(c3)C[C@@H](C)O4)[C@H]2c2ccc(OCC=C)c(OCC)c2)nc1C. The van der Waals surface area contributed by atoms with E-state index in [0.717, 1.165) is 16.9 Å². The Morgan fingerprint density at radius 1 is 1.14 bits per heavy atom. The molecule has 1 amide bonds. The standard InChI is InChI=1S/C33H32N2O8S/c1-6-13-41-24-12-9-20(17-25(24)40-8-3)27-26(28(36)21-10-11-23-22(16-21)15-18(4)43-23)29(37)31(38)35(27)33-34-19(5)30(44-33)32(39)42-14-7-2/h6-7,9-12,16-18,27,36H,1-2,8,13-15H2,3-5H3/b28-26+/t18-,27-/m1/s1. The van der Waals surface area contributed by atoms with Crippen molar-refractivity contribution < 1.29 is 38.4 Å². The van der Waals surface area contributed by atoms with Gasteiger partial charge in [-0.05, 0) is 62.2 Å². The summed E-state index contributed by atoms with van der Waals surface area (Å²) in [5.41, 5.74) is 1.91. The molecule has 1 N–H and O–H groups in total. The molecule has 0 saturated carbocycles. The number of benzene rings is 2. The number of rotatable bonds is 11. The van der Waals surface area contributed by atoms with Crippen LogP contribution in [0.2, 0.25) is 0 Å². The van der Waals surface area contributed by atoms with Gasteiger partial charge in [-0.15, -0.1) is 0 Å². The molecule has 2 aliphatic rings. The second kappa shape index (κ2) is 12.8. The van der Waals surface area contributed by atoms with E-state index in [0.29, 0.717) is 47.1 Å². The number of fused-ring (bicyclic) bond motifs is 1. The zero-order chi connectivity index (χ0) is 31.5. The van der Waals surface area contributed by atoms with Crippen molar-refractivity contribution >= 4 is 39.9 Å². The number of thiazole rings is 1. The van der Waals surface area contributed by atoms with Gasteiger partial charge in [0.2, 0.25) is 0 Å². The molecular weight excluding hydrogens is 584 g/mol. The highest BCUT2D eigenvalue weighted by Crippen LogP contribution is 2.46. The van der Waals surface area contributed by atoms with Crippen molar-refractivity contribution in [3.05, 3.63) is 94.5 Å². The largest absolute Gasteiger partial charge is 0.507 e. The minimum absolute atomic E-state index is 0.00109. The number of aryl methyl sites for hydroxylation is 1. The summed E-state index contributed by atoms with van der Waals surface area (Å²) in [5.74, 6) is -1.25. The van der Waals surface area contributed by atoms with Gasteiger partial charge in [-0.1, -0.05) is 42.7 Å². The molecule has 228 valence electrons. The number of amides is 1. The van der Waals surface area contributed by atoms with Crippen LogP contribution in [0.1, 0.15) is 51.9 Å². The molecule has 5 rings (SSSR count). The lowest BCUT2D eigenvalue weighted by Crippen LogP contribution is -2.29. The molecular formula is C33H32N2O8S. The van der Waals surface area contributed by atoms with Gasteiger partial charge >= 0.3 is 11.9 Å². The fraction of sp³-hybridized carbons (Fsp3) is 0.273. The molecule has 0 aliphatic carbocycles. The summed E-state index contributed by atoms with van der Waals surface area (Å²) in [7, 11) is 0. The summed E-state index contributed by atoms with van der Waals surface area (Å²) in [6.45, 7) is 13.2. The first kappa shape index (κ1) is 30.6. The zero-order valence-electron chi connectivity index (χ0n) is 24.6. The molecule has 1 saturated heterocycles. The molecule has 2 aromatic carbocycles. The number of nitrogens with zero attached hydrogens (tertiary/aromatic N) is 2. The number of carbonyl (C=O) groups excluding carboxylic acids is 3. The summed E-state index contributed by atoms with van der Waals surface area (Å²) in [6.07, 6.45) is 3.66. The fourth-order valence-electron chi connectivity index (χ4n) is 5.18. The van der Waals surface area contributed by atoms with Crippen LogP contribution in [0.25, 0.3) is 5.76 Å². The van der Waals surface area contributed by atoms with E-state index >= 15 is 0 Å². The first-order chi connectivity index (χ1) is 21.2. The predicted octanol–water partition coefficient (Wildman–Crippen LogP) is 5.71. The second-order valence-corrected chi connectivity index (χ2v) is 11.1. The molecule has 11 heteroatoms. The van der Waals surface area contributed by atoms with Gasteiger partial charge < -0.3 is 24.1 Å². The lowest BCUT2D eigenvalue weighted by atomic mass is 9.94. The number of hydrogen-bond acceptors (Lipinski definition) is 10. The number of carbonyl (C=O) groups is 3. The highest BCUT2D eigenvalue weighted by molar-refractivity contribution is 7.17. The number of ether oxygens (including phenoxy) is 4. The van der Waals surface area contributed by atoms with E-state index < -0.39 is 23.7 Å². The molecule has 2 atom stereocenters. The van der Waals surface area contributed by atoms with Gasteiger partial charge in [-0.3, -0.25) is 14.5 Å². The number of aliphatic hydroxyl groups excluding tert-OH is 1. The average Bonchev–Trinajstić information content (AvgIpc) is 3.66. The maximum absolute atomic E-state index is 13.7. The van der Waals surface area contributed by atoms with Gasteiger partial charge in [-0.2, -0.15) is 0 Å². The molecule has 0 bridgehead atoms. The van der Waals surface area contributed by atoms with Crippen LogP contribution >= 0.6 is 11.3 Å². The van der Waals surface area contributed by atoms with Gasteiger partial charge in [0.15, 0.2) is 16.6 Å². The molecule has 1 aromatic heterocycles. The Morgan fingerprint density at radius 2 is 1.91 bits per heavy atom. The Bertz CT molecular complexity index is 1690. The Labute approximate surface area is 258 Å². The lowest BCUT2D eigenvalue weighted by molar-refractivity contribution is -0.132. The number of anilines is 1. The zero-order valence-corrected chi connectivity index (χ0v) is 25.4. The smallest absolute Gasteiger partial charge is 0.350 e. The van der Waals surface area contributed by atoms with E-state index in [1.54, 1.807) is 49.4 Å². The minimum atomic E-state index is -1.10. The van der Waals surface area contributed by atoms with Crippen LogP contribution in [0.5, 0.6) is 17.2 Å². The van der Waals surface area contributed by atoms with Gasteiger partial charge in [0.05, 0.1) is 23.9 Å². The quantitative estimate of drug-likeness (QED) is 0.0949. The van der Waals surface area contributed by atoms with E-state index in [2.05, 4.69) is 18.1 Å². The van der Waals surface area contributed by atoms with Crippen molar-refractivity contribution in [1.82, 2.24) is 4.98 Å². The molecule has 10 nitrogen and oxygen atoms in total. The third-order valence-corrected chi connectivity index (χ3v) is 8.20. The Morgan fingerprint density at radius 3 is 2.64 bits per heavy atom. The van der Waals surface area contributed by atoms with Gasteiger partial charge in [0.25, 0.3) is 5.78 Å². The monoisotopic (exact) mass is 616 g/mol. The van der Waals surface area contributed by atoms with Crippen molar-refractivity contribution in [2.45, 2.75) is 39.3 Å². The number of Topliss-reactive ketones (excluding diaryl/α,β-unsaturated/α-hetero) is 1. The second-order valence-electron chi connectivity index (χ2n) is 10.2. The first-order valence-corrected chi connectivity index (χ1v) is 14.9. The molecule has 3 heterocycles. The molecule has 0 unspecified atom stereocenters. The molecule has 2 aliphatic heterocycles. The van der Waals surface area contributed by atoms with Crippen LogP contribution in [0, 0.1) is 6.92 Å². The molecule has 0 spiro atoms. The first-order valence-electron chi connectivity index (χ1n) is 14.0. The number of aliphatic hydroxyl groups is 1. The summed E-state index contributed by atoms with van der Waals surface area (Å²) in [5, 5.41) is 11.8. The van der Waals surface area contributed by atoms with Crippen molar-refractivity contribution in [2.24, 2.45) is 0 Å². The Hall–Kier alpha value is -4.90.